The average molecular weight is 401 g/mol. The van der Waals surface area contributed by atoms with Crippen LogP contribution in [0.4, 0.5) is 0 Å². The van der Waals surface area contributed by atoms with Gasteiger partial charge in [0.1, 0.15) is 0 Å². The zero-order valence-corrected chi connectivity index (χ0v) is 16.7. The predicted octanol–water partition coefficient (Wildman–Crippen LogP) is 4.30. The fraction of sp³-hybridized carbons (Fsp3) is 0.632. The van der Waals surface area contributed by atoms with Gasteiger partial charge in [-0.05, 0) is 49.3 Å². The van der Waals surface area contributed by atoms with Gasteiger partial charge in [0.05, 0.1) is 6.04 Å². The van der Waals surface area contributed by atoms with E-state index in [1.165, 1.54) is 31.2 Å². The van der Waals surface area contributed by atoms with Crippen LogP contribution < -0.4 is 5.32 Å². The predicted molar refractivity (Wildman–Crippen MR) is 108 cm³/mol. The van der Waals surface area contributed by atoms with Crippen molar-refractivity contribution in [2.45, 2.75) is 50.2 Å². The quantitative estimate of drug-likeness (QED) is 0.820. The number of nitrogens with one attached hydrogen (secondary N) is 1. The summed E-state index contributed by atoms with van der Waals surface area (Å²) in [5.41, 5.74) is 1.21. The standard InChI is InChI=1S/C19H25ClN2OS.ClH/c20-15-3-1-14(2-4-15)18-12-24-8-7-22(18)19(23)11-13-9-16-5-6-17(10-13)21-16;/h1-4,13,16-18,21H,5-12H2;1H. The molecule has 3 heterocycles. The molecule has 3 aliphatic heterocycles. The second-order valence-corrected chi connectivity index (χ2v) is 9.00. The number of piperidine rings is 1. The fourth-order valence-electron chi connectivity index (χ4n) is 4.57. The highest BCUT2D eigenvalue weighted by molar-refractivity contribution is 7.99. The summed E-state index contributed by atoms with van der Waals surface area (Å²) < 4.78 is 0. The SMILES string of the molecule is Cl.O=C(CC1CC2CCC(C1)N2)N1CCSCC1c1ccc(Cl)cc1. The van der Waals surface area contributed by atoms with Crippen LogP contribution in [0.1, 0.15) is 43.7 Å². The highest BCUT2D eigenvalue weighted by atomic mass is 35.5. The average Bonchev–Trinajstić information content (AvgIpc) is 2.94. The monoisotopic (exact) mass is 400 g/mol. The number of halogens is 2. The van der Waals surface area contributed by atoms with Crippen LogP contribution in [0.3, 0.4) is 0 Å². The van der Waals surface area contributed by atoms with Gasteiger partial charge in [-0.15, -0.1) is 12.4 Å². The van der Waals surface area contributed by atoms with Gasteiger partial charge in [-0.1, -0.05) is 23.7 Å². The number of carbonyl (C=O) groups is 1. The number of hydrogen-bond acceptors (Lipinski definition) is 3. The van der Waals surface area contributed by atoms with Crippen molar-refractivity contribution in [1.29, 1.82) is 0 Å². The molecule has 2 bridgehead atoms. The number of thioether (sulfide) groups is 1. The summed E-state index contributed by atoms with van der Waals surface area (Å²) in [6.07, 6.45) is 5.67. The Kier molecular flexibility index (Phi) is 6.59. The molecule has 25 heavy (non-hydrogen) atoms. The first-order chi connectivity index (χ1) is 11.7. The van der Waals surface area contributed by atoms with Gasteiger partial charge >= 0.3 is 0 Å². The van der Waals surface area contributed by atoms with Gasteiger partial charge in [0.2, 0.25) is 5.91 Å². The molecule has 1 amide bonds. The molecule has 3 fully saturated rings. The molecule has 0 radical (unpaired) electrons. The molecule has 3 nitrogen and oxygen atoms in total. The summed E-state index contributed by atoms with van der Waals surface area (Å²) in [6, 6.07) is 9.53. The van der Waals surface area contributed by atoms with E-state index >= 15 is 0 Å². The number of hydrogen-bond donors (Lipinski definition) is 1. The third-order valence-electron chi connectivity index (χ3n) is 5.74. The van der Waals surface area contributed by atoms with E-state index in [9.17, 15) is 4.79 Å². The van der Waals surface area contributed by atoms with E-state index in [2.05, 4.69) is 22.3 Å². The lowest BCUT2D eigenvalue weighted by molar-refractivity contribution is -0.134. The molecular formula is C19H26Cl2N2OS. The lowest BCUT2D eigenvalue weighted by Gasteiger charge is -2.37. The summed E-state index contributed by atoms with van der Waals surface area (Å²) in [6.45, 7) is 0.870. The topological polar surface area (TPSA) is 32.3 Å². The zero-order chi connectivity index (χ0) is 16.5. The molecule has 0 aliphatic carbocycles. The van der Waals surface area contributed by atoms with Crippen LogP contribution in [-0.4, -0.2) is 40.9 Å². The van der Waals surface area contributed by atoms with Crippen molar-refractivity contribution in [3.05, 3.63) is 34.9 Å². The van der Waals surface area contributed by atoms with E-state index < -0.39 is 0 Å². The Bertz CT molecular complexity index is 586. The van der Waals surface area contributed by atoms with E-state index in [4.69, 9.17) is 11.6 Å². The Morgan fingerprint density at radius 3 is 2.56 bits per heavy atom. The third kappa shape index (κ3) is 4.47. The number of amides is 1. The lowest BCUT2D eigenvalue weighted by atomic mass is 9.89. The van der Waals surface area contributed by atoms with E-state index in [1.807, 2.05) is 23.9 Å². The minimum Gasteiger partial charge on any atom is -0.334 e. The van der Waals surface area contributed by atoms with Crippen molar-refractivity contribution >= 4 is 41.7 Å². The molecule has 3 unspecified atom stereocenters. The molecule has 4 rings (SSSR count). The maximum absolute atomic E-state index is 13.0. The molecular weight excluding hydrogens is 375 g/mol. The number of rotatable bonds is 3. The van der Waals surface area contributed by atoms with Crippen molar-refractivity contribution in [1.82, 2.24) is 10.2 Å². The molecule has 3 saturated heterocycles. The number of fused-ring (bicyclic) bond motifs is 2. The van der Waals surface area contributed by atoms with E-state index in [-0.39, 0.29) is 18.4 Å². The maximum Gasteiger partial charge on any atom is 0.223 e. The first kappa shape index (κ1) is 19.3. The largest absolute Gasteiger partial charge is 0.334 e. The van der Waals surface area contributed by atoms with Gasteiger partial charge in [-0.25, -0.2) is 0 Å². The van der Waals surface area contributed by atoms with Crippen LogP contribution in [0.5, 0.6) is 0 Å². The third-order valence-corrected chi connectivity index (χ3v) is 7.01. The van der Waals surface area contributed by atoms with Crippen LogP contribution in [0.25, 0.3) is 0 Å². The summed E-state index contributed by atoms with van der Waals surface area (Å²) >= 11 is 7.96. The highest BCUT2D eigenvalue weighted by Gasteiger charge is 2.36. The molecule has 3 aliphatic rings. The molecule has 1 aromatic carbocycles. The van der Waals surface area contributed by atoms with Crippen LogP contribution in [0, 0.1) is 5.92 Å². The van der Waals surface area contributed by atoms with Crippen molar-refractivity contribution < 1.29 is 4.79 Å². The first-order valence-corrected chi connectivity index (χ1v) is 10.6. The first-order valence-electron chi connectivity index (χ1n) is 9.08. The zero-order valence-electron chi connectivity index (χ0n) is 14.3. The molecule has 1 N–H and O–H groups in total. The molecule has 3 atom stereocenters. The van der Waals surface area contributed by atoms with Gasteiger partial charge in [-0.2, -0.15) is 11.8 Å². The Morgan fingerprint density at radius 1 is 1.20 bits per heavy atom. The minimum atomic E-state index is 0. The Labute approximate surface area is 165 Å². The van der Waals surface area contributed by atoms with Crippen LogP contribution >= 0.6 is 35.8 Å². The number of benzene rings is 1. The normalized spacial score (nSPS) is 31.5. The summed E-state index contributed by atoms with van der Waals surface area (Å²) in [5.74, 6) is 2.95. The van der Waals surface area contributed by atoms with Crippen molar-refractivity contribution in [2.24, 2.45) is 5.92 Å². The number of nitrogens with zero attached hydrogens (tertiary/aromatic N) is 1. The van der Waals surface area contributed by atoms with Crippen LogP contribution in [0.15, 0.2) is 24.3 Å². The Balaban J connectivity index is 0.00000182. The van der Waals surface area contributed by atoms with Crippen LogP contribution in [-0.2, 0) is 4.79 Å². The van der Waals surface area contributed by atoms with Gasteiger partial charge in [-0.3, -0.25) is 4.79 Å². The molecule has 0 spiro atoms. The van der Waals surface area contributed by atoms with Gasteiger partial charge in [0.15, 0.2) is 0 Å². The highest BCUT2D eigenvalue weighted by Crippen LogP contribution is 2.35. The van der Waals surface area contributed by atoms with Crippen molar-refractivity contribution in [3.63, 3.8) is 0 Å². The van der Waals surface area contributed by atoms with Crippen LogP contribution in [0.2, 0.25) is 5.02 Å². The molecule has 0 saturated carbocycles. The van der Waals surface area contributed by atoms with E-state index in [0.717, 1.165) is 29.5 Å². The van der Waals surface area contributed by atoms with Gasteiger partial charge in [0, 0.05) is 41.6 Å². The Hall–Kier alpha value is -0.420. The van der Waals surface area contributed by atoms with Crippen molar-refractivity contribution in [2.75, 3.05) is 18.1 Å². The van der Waals surface area contributed by atoms with E-state index in [0.29, 0.717) is 23.9 Å². The second-order valence-electron chi connectivity index (χ2n) is 7.41. The van der Waals surface area contributed by atoms with Gasteiger partial charge in [0.25, 0.3) is 0 Å². The summed E-state index contributed by atoms with van der Waals surface area (Å²) in [7, 11) is 0. The molecule has 0 aromatic heterocycles. The minimum absolute atomic E-state index is 0. The lowest BCUT2D eigenvalue weighted by Crippen LogP contribution is -2.43. The summed E-state index contributed by atoms with van der Waals surface area (Å²) in [5, 5.41) is 4.43. The van der Waals surface area contributed by atoms with E-state index in [1.54, 1.807) is 0 Å². The maximum atomic E-state index is 13.0. The smallest absolute Gasteiger partial charge is 0.223 e. The molecule has 138 valence electrons. The molecule has 6 heteroatoms. The fourth-order valence-corrected chi connectivity index (χ4v) is 5.78. The number of carbonyl (C=O) groups excluding carboxylic acids is 1. The second kappa shape index (κ2) is 8.51. The summed E-state index contributed by atoms with van der Waals surface area (Å²) in [4.78, 5) is 15.1. The van der Waals surface area contributed by atoms with Gasteiger partial charge < -0.3 is 10.2 Å². The molecule has 1 aromatic rings. The Morgan fingerprint density at radius 2 is 1.88 bits per heavy atom. The van der Waals surface area contributed by atoms with Crippen molar-refractivity contribution in [3.8, 4) is 0 Å².